The fourth-order valence-electron chi connectivity index (χ4n) is 4.31. The summed E-state index contributed by atoms with van der Waals surface area (Å²) in [7, 11) is 1.75. The van der Waals surface area contributed by atoms with Crippen molar-refractivity contribution in [2.75, 3.05) is 13.7 Å². The number of hydrogen-bond acceptors (Lipinski definition) is 2. The molecule has 1 aliphatic carbocycles. The van der Waals surface area contributed by atoms with E-state index in [2.05, 4.69) is 39.0 Å². The van der Waals surface area contributed by atoms with Gasteiger partial charge in [0.2, 0.25) is 6.41 Å². The first-order valence-corrected chi connectivity index (χ1v) is 7.33. The van der Waals surface area contributed by atoms with E-state index in [0.29, 0.717) is 0 Å². The van der Waals surface area contributed by atoms with E-state index in [9.17, 15) is 4.79 Å². The van der Waals surface area contributed by atoms with Crippen molar-refractivity contribution >= 4 is 6.41 Å². The van der Waals surface area contributed by atoms with Gasteiger partial charge in [0.05, 0.1) is 7.11 Å². The van der Waals surface area contributed by atoms with Gasteiger partial charge in [-0.05, 0) is 29.9 Å². The van der Waals surface area contributed by atoms with Crippen LogP contribution in [0.25, 0.3) is 0 Å². The van der Waals surface area contributed by atoms with Crippen molar-refractivity contribution < 1.29 is 9.53 Å². The van der Waals surface area contributed by atoms with Crippen LogP contribution in [0, 0.1) is 5.41 Å². The SMILES string of the molecule is COc1cccc2c1[C@]1(C)CCN(C=O)[C@H](C2)C1(C)C. The Morgan fingerprint density at radius 2 is 2.10 bits per heavy atom. The third-order valence-corrected chi connectivity index (χ3v) is 5.96. The van der Waals surface area contributed by atoms with Crippen LogP contribution in [0.1, 0.15) is 38.3 Å². The standard InChI is InChI=1S/C17H23NO2/c1-16(2)14-10-12-6-5-7-13(20-4)15(12)17(16,3)8-9-18(14)11-19/h5-7,11,14H,8-10H2,1-4H3/t14-,17+/m1/s1. The van der Waals surface area contributed by atoms with Crippen LogP contribution in [0.3, 0.4) is 0 Å². The average Bonchev–Trinajstić information content (AvgIpc) is 2.42. The summed E-state index contributed by atoms with van der Waals surface area (Å²) in [5.74, 6) is 0.996. The highest BCUT2D eigenvalue weighted by atomic mass is 16.5. The maximum absolute atomic E-state index is 11.4. The highest BCUT2D eigenvalue weighted by Crippen LogP contribution is 2.57. The largest absolute Gasteiger partial charge is 0.496 e. The van der Waals surface area contributed by atoms with Crippen molar-refractivity contribution in [1.29, 1.82) is 0 Å². The Kier molecular flexibility index (Phi) is 2.86. The first-order chi connectivity index (χ1) is 9.45. The summed E-state index contributed by atoms with van der Waals surface area (Å²) < 4.78 is 5.63. The topological polar surface area (TPSA) is 29.5 Å². The normalized spacial score (nSPS) is 30.6. The number of benzene rings is 1. The summed E-state index contributed by atoms with van der Waals surface area (Å²) in [5.41, 5.74) is 2.79. The molecule has 0 N–H and O–H groups in total. The van der Waals surface area contributed by atoms with Crippen molar-refractivity contribution in [1.82, 2.24) is 4.90 Å². The number of likely N-dealkylation sites (tertiary alicyclic amines) is 1. The van der Waals surface area contributed by atoms with Gasteiger partial charge in [-0.15, -0.1) is 0 Å². The second-order valence-corrected chi connectivity index (χ2v) is 6.86. The van der Waals surface area contributed by atoms with Crippen LogP contribution in [-0.2, 0) is 16.6 Å². The lowest BCUT2D eigenvalue weighted by molar-refractivity contribution is -0.130. The van der Waals surface area contributed by atoms with E-state index in [4.69, 9.17) is 4.74 Å². The molecule has 2 aliphatic rings. The van der Waals surface area contributed by atoms with Gasteiger partial charge < -0.3 is 9.64 Å². The van der Waals surface area contributed by atoms with Crippen LogP contribution in [0.5, 0.6) is 5.75 Å². The smallest absolute Gasteiger partial charge is 0.209 e. The molecule has 1 aromatic rings. The summed E-state index contributed by atoms with van der Waals surface area (Å²) in [6.45, 7) is 7.76. The Balaban J connectivity index is 2.23. The number of nitrogens with zero attached hydrogens (tertiary/aromatic N) is 1. The number of amides is 1. The predicted molar refractivity (Wildman–Crippen MR) is 79.0 cm³/mol. The zero-order valence-electron chi connectivity index (χ0n) is 12.8. The second kappa shape index (κ2) is 4.24. The van der Waals surface area contributed by atoms with E-state index < -0.39 is 0 Å². The molecule has 108 valence electrons. The van der Waals surface area contributed by atoms with E-state index in [1.54, 1.807) is 7.11 Å². The summed E-state index contributed by atoms with van der Waals surface area (Å²) >= 11 is 0. The summed E-state index contributed by atoms with van der Waals surface area (Å²) in [6.07, 6.45) is 2.94. The fraction of sp³-hybridized carbons (Fsp3) is 0.588. The molecule has 3 rings (SSSR count). The third-order valence-electron chi connectivity index (χ3n) is 5.96. The molecule has 1 saturated heterocycles. The van der Waals surface area contributed by atoms with E-state index in [1.807, 2.05) is 4.90 Å². The molecule has 1 amide bonds. The molecule has 0 aromatic heterocycles. The number of ether oxygens (including phenoxy) is 1. The van der Waals surface area contributed by atoms with Crippen molar-refractivity contribution in [2.45, 2.75) is 45.1 Å². The van der Waals surface area contributed by atoms with Gasteiger partial charge >= 0.3 is 0 Å². The number of piperidine rings is 1. The Morgan fingerprint density at radius 1 is 1.35 bits per heavy atom. The molecule has 3 heteroatoms. The Labute approximate surface area is 120 Å². The Hall–Kier alpha value is -1.51. The highest BCUT2D eigenvalue weighted by Gasteiger charge is 2.56. The monoisotopic (exact) mass is 273 g/mol. The summed E-state index contributed by atoms with van der Waals surface area (Å²) in [5, 5.41) is 0. The minimum atomic E-state index is 0.0494. The zero-order valence-corrected chi connectivity index (χ0v) is 12.8. The predicted octanol–water partition coefficient (Wildman–Crippen LogP) is 2.77. The van der Waals surface area contributed by atoms with Crippen LogP contribution in [0.15, 0.2) is 18.2 Å². The van der Waals surface area contributed by atoms with Gasteiger partial charge in [-0.3, -0.25) is 4.79 Å². The number of methoxy groups -OCH3 is 1. The zero-order chi connectivity index (χ0) is 14.5. The summed E-state index contributed by atoms with van der Waals surface area (Å²) in [6, 6.07) is 6.58. The molecule has 0 spiro atoms. The van der Waals surface area contributed by atoms with Gasteiger partial charge in [-0.1, -0.05) is 32.9 Å². The molecule has 2 atom stereocenters. The second-order valence-electron chi connectivity index (χ2n) is 6.86. The highest BCUT2D eigenvalue weighted by molar-refractivity contribution is 5.55. The van der Waals surface area contributed by atoms with Gasteiger partial charge in [-0.25, -0.2) is 0 Å². The maximum Gasteiger partial charge on any atom is 0.209 e. The number of hydrogen-bond donors (Lipinski definition) is 0. The molecule has 20 heavy (non-hydrogen) atoms. The van der Waals surface area contributed by atoms with Gasteiger partial charge in [0.25, 0.3) is 0 Å². The number of carbonyl (C=O) groups excluding carboxylic acids is 1. The van der Waals surface area contributed by atoms with Crippen molar-refractivity contribution in [3.63, 3.8) is 0 Å². The quantitative estimate of drug-likeness (QED) is 0.775. The van der Waals surface area contributed by atoms with Gasteiger partial charge in [0.15, 0.2) is 0 Å². The molecule has 2 bridgehead atoms. The Bertz CT molecular complexity index is 552. The van der Waals surface area contributed by atoms with E-state index >= 15 is 0 Å². The molecule has 1 aliphatic heterocycles. The summed E-state index contributed by atoms with van der Waals surface area (Å²) in [4.78, 5) is 13.4. The molecule has 1 aromatic carbocycles. The third kappa shape index (κ3) is 1.49. The van der Waals surface area contributed by atoms with Crippen molar-refractivity contribution in [3.8, 4) is 5.75 Å². The maximum atomic E-state index is 11.4. The molecule has 0 radical (unpaired) electrons. The molecular weight excluding hydrogens is 250 g/mol. The molecular formula is C17H23NO2. The van der Waals surface area contributed by atoms with Gasteiger partial charge in [0, 0.05) is 23.6 Å². The minimum absolute atomic E-state index is 0.0494. The van der Waals surface area contributed by atoms with Crippen LogP contribution in [-0.4, -0.2) is 31.0 Å². The Morgan fingerprint density at radius 3 is 2.75 bits per heavy atom. The molecule has 0 unspecified atom stereocenters. The minimum Gasteiger partial charge on any atom is -0.496 e. The van der Waals surface area contributed by atoms with E-state index in [1.165, 1.54) is 11.1 Å². The van der Waals surface area contributed by atoms with Crippen molar-refractivity contribution in [3.05, 3.63) is 29.3 Å². The molecule has 0 saturated carbocycles. The van der Waals surface area contributed by atoms with Crippen LogP contribution >= 0.6 is 0 Å². The average molecular weight is 273 g/mol. The first-order valence-electron chi connectivity index (χ1n) is 7.33. The van der Waals surface area contributed by atoms with Crippen LogP contribution in [0.2, 0.25) is 0 Å². The lowest BCUT2D eigenvalue weighted by Gasteiger charge is -2.60. The van der Waals surface area contributed by atoms with Crippen LogP contribution in [0.4, 0.5) is 0 Å². The lowest BCUT2D eigenvalue weighted by Crippen LogP contribution is -2.63. The lowest BCUT2D eigenvalue weighted by atomic mass is 9.51. The van der Waals surface area contributed by atoms with Crippen LogP contribution < -0.4 is 4.74 Å². The van der Waals surface area contributed by atoms with E-state index in [0.717, 1.165) is 31.5 Å². The number of fused-ring (bicyclic) bond motifs is 4. The van der Waals surface area contributed by atoms with Gasteiger partial charge in [-0.2, -0.15) is 0 Å². The van der Waals surface area contributed by atoms with E-state index in [-0.39, 0.29) is 16.9 Å². The molecule has 3 nitrogen and oxygen atoms in total. The number of rotatable bonds is 2. The molecule has 1 fully saturated rings. The number of carbonyl (C=O) groups is 1. The molecule has 1 heterocycles. The van der Waals surface area contributed by atoms with Crippen molar-refractivity contribution in [2.24, 2.45) is 5.41 Å². The fourth-order valence-corrected chi connectivity index (χ4v) is 4.31. The van der Waals surface area contributed by atoms with Gasteiger partial charge in [0.1, 0.15) is 5.75 Å². The first kappa shape index (κ1) is 13.5.